The average Bonchev–Trinajstić information content (AvgIpc) is 2.86. The van der Waals surface area contributed by atoms with E-state index >= 15 is 0 Å². The first-order chi connectivity index (χ1) is 16.8. The molecule has 0 bridgehead atoms. The molecule has 35 heavy (non-hydrogen) atoms. The maximum absolute atomic E-state index is 13.3. The largest absolute Gasteiger partial charge is 0.493 e. The standard InChI is InChI=1S/C27H30O7S/c1-18-7-12-21(13-8-18)35(28,29)17-22-20(11-14-23(30-2)26(22)33-5)10-9-19-15-24(31-3)27(34-6)25(16-19)32-4/h7-16H,17H2,1-6H3/b10-9-. The Kier molecular flexibility index (Phi) is 8.30. The van der Waals surface area contributed by atoms with Gasteiger partial charge in [-0.1, -0.05) is 35.9 Å². The van der Waals surface area contributed by atoms with Crippen molar-refractivity contribution < 1.29 is 32.1 Å². The van der Waals surface area contributed by atoms with Crippen molar-refractivity contribution in [3.8, 4) is 28.7 Å². The Bertz CT molecular complexity index is 1290. The normalized spacial score (nSPS) is 11.4. The molecule has 0 fully saturated rings. The van der Waals surface area contributed by atoms with Gasteiger partial charge in [-0.05, 0) is 48.4 Å². The van der Waals surface area contributed by atoms with E-state index in [-0.39, 0.29) is 10.6 Å². The highest BCUT2D eigenvalue weighted by atomic mass is 32.2. The Morgan fingerprint density at radius 2 is 1.26 bits per heavy atom. The minimum atomic E-state index is -3.65. The van der Waals surface area contributed by atoms with Crippen LogP contribution in [0.4, 0.5) is 0 Å². The molecule has 0 saturated carbocycles. The molecule has 0 aliphatic carbocycles. The van der Waals surface area contributed by atoms with E-state index < -0.39 is 9.84 Å². The van der Waals surface area contributed by atoms with Crippen LogP contribution >= 0.6 is 0 Å². The summed E-state index contributed by atoms with van der Waals surface area (Å²) < 4.78 is 53.8. The topological polar surface area (TPSA) is 80.3 Å². The van der Waals surface area contributed by atoms with Crippen molar-refractivity contribution in [2.75, 3.05) is 35.5 Å². The van der Waals surface area contributed by atoms with Crippen LogP contribution in [0.1, 0.15) is 22.3 Å². The Morgan fingerprint density at radius 3 is 1.77 bits per heavy atom. The highest BCUT2D eigenvalue weighted by molar-refractivity contribution is 7.90. The molecule has 7 nitrogen and oxygen atoms in total. The lowest BCUT2D eigenvalue weighted by Crippen LogP contribution is -2.08. The fraction of sp³-hybridized carbons (Fsp3) is 0.259. The van der Waals surface area contributed by atoms with E-state index in [1.165, 1.54) is 14.2 Å². The number of ether oxygens (including phenoxy) is 5. The third-order valence-corrected chi connectivity index (χ3v) is 7.20. The SMILES string of the molecule is COc1cc(/C=C\c2ccc(OC)c(OC)c2CS(=O)(=O)c2ccc(C)cc2)cc(OC)c1OC. The summed E-state index contributed by atoms with van der Waals surface area (Å²) in [6, 6.07) is 13.9. The number of sulfone groups is 1. The van der Waals surface area contributed by atoms with Gasteiger partial charge in [-0.2, -0.15) is 0 Å². The van der Waals surface area contributed by atoms with Gasteiger partial charge in [-0.25, -0.2) is 8.42 Å². The summed E-state index contributed by atoms with van der Waals surface area (Å²) in [5.74, 6) is 2.08. The van der Waals surface area contributed by atoms with Gasteiger partial charge in [0.15, 0.2) is 32.8 Å². The zero-order valence-electron chi connectivity index (χ0n) is 20.7. The second-order valence-electron chi connectivity index (χ2n) is 7.73. The van der Waals surface area contributed by atoms with Gasteiger partial charge in [0, 0.05) is 5.56 Å². The summed E-state index contributed by atoms with van der Waals surface area (Å²) in [7, 11) is 4.00. The highest BCUT2D eigenvalue weighted by Crippen LogP contribution is 2.40. The summed E-state index contributed by atoms with van der Waals surface area (Å²) in [6.45, 7) is 1.91. The van der Waals surface area contributed by atoms with Gasteiger partial charge in [-0.3, -0.25) is 0 Å². The lowest BCUT2D eigenvalue weighted by Gasteiger charge is -2.16. The predicted molar refractivity (Wildman–Crippen MR) is 137 cm³/mol. The lowest BCUT2D eigenvalue weighted by atomic mass is 10.0. The van der Waals surface area contributed by atoms with Gasteiger partial charge in [0.1, 0.15) is 0 Å². The molecule has 3 aromatic rings. The maximum Gasteiger partial charge on any atom is 0.203 e. The highest BCUT2D eigenvalue weighted by Gasteiger charge is 2.22. The molecular formula is C27H30O7S. The van der Waals surface area contributed by atoms with Crippen molar-refractivity contribution in [3.05, 3.63) is 70.8 Å². The third-order valence-electron chi connectivity index (χ3n) is 5.54. The number of aryl methyl sites for hydroxylation is 1. The van der Waals surface area contributed by atoms with Crippen molar-refractivity contribution in [2.24, 2.45) is 0 Å². The molecule has 0 radical (unpaired) electrons. The van der Waals surface area contributed by atoms with Crippen LogP contribution < -0.4 is 23.7 Å². The molecule has 0 aromatic heterocycles. The number of rotatable bonds is 10. The van der Waals surface area contributed by atoms with Crippen LogP contribution in [0.5, 0.6) is 28.7 Å². The molecule has 3 rings (SSSR count). The molecule has 0 aliphatic heterocycles. The first-order valence-electron chi connectivity index (χ1n) is 10.8. The molecule has 0 atom stereocenters. The Balaban J connectivity index is 2.10. The Morgan fingerprint density at radius 1 is 0.686 bits per heavy atom. The van der Waals surface area contributed by atoms with Crippen molar-refractivity contribution in [1.29, 1.82) is 0 Å². The van der Waals surface area contributed by atoms with E-state index in [2.05, 4.69) is 0 Å². The fourth-order valence-electron chi connectivity index (χ4n) is 3.71. The second kappa shape index (κ2) is 11.2. The fourth-order valence-corrected chi connectivity index (χ4v) is 5.11. The molecule has 0 unspecified atom stereocenters. The van der Waals surface area contributed by atoms with E-state index in [4.69, 9.17) is 23.7 Å². The van der Waals surface area contributed by atoms with Crippen molar-refractivity contribution in [3.63, 3.8) is 0 Å². The van der Waals surface area contributed by atoms with Crippen molar-refractivity contribution >= 4 is 22.0 Å². The van der Waals surface area contributed by atoms with Gasteiger partial charge in [0.2, 0.25) is 5.75 Å². The van der Waals surface area contributed by atoms with Gasteiger partial charge >= 0.3 is 0 Å². The third kappa shape index (κ3) is 5.71. The number of hydrogen-bond acceptors (Lipinski definition) is 7. The minimum Gasteiger partial charge on any atom is -0.493 e. The zero-order valence-corrected chi connectivity index (χ0v) is 21.6. The monoisotopic (exact) mass is 498 g/mol. The smallest absolute Gasteiger partial charge is 0.203 e. The van der Waals surface area contributed by atoms with Gasteiger partial charge < -0.3 is 23.7 Å². The lowest BCUT2D eigenvalue weighted by molar-refractivity contribution is 0.324. The van der Waals surface area contributed by atoms with E-state index in [9.17, 15) is 8.42 Å². The van der Waals surface area contributed by atoms with E-state index in [0.717, 1.165) is 11.1 Å². The minimum absolute atomic E-state index is 0.243. The van der Waals surface area contributed by atoms with Crippen molar-refractivity contribution in [1.82, 2.24) is 0 Å². The molecule has 0 N–H and O–H groups in total. The maximum atomic E-state index is 13.3. The molecule has 0 saturated heterocycles. The predicted octanol–water partition coefficient (Wildman–Crippen LogP) is 5.18. The van der Waals surface area contributed by atoms with Crippen LogP contribution in [0, 0.1) is 6.92 Å². The van der Waals surface area contributed by atoms with E-state index in [1.54, 1.807) is 69.9 Å². The van der Waals surface area contributed by atoms with Crippen molar-refractivity contribution in [2.45, 2.75) is 17.6 Å². The van der Waals surface area contributed by atoms with Crippen LogP contribution in [0.15, 0.2) is 53.4 Å². The van der Waals surface area contributed by atoms with Crippen LogP contribution in [-0.2, 0) is 15.6 Å². The summed E-state index contributed by atoms with van der Waals surface area (Å²) >= 11 is 0. The van der Waals surface area contributed by atoms with Crippen LogP contribution in [0.2, 0.25) is 0 Å². The Hall–Kier alpha value is -3.65. The Labute approximate surface area is 206 Å². The molecular weight excluding hydrogens is 468 g/mol. The van der Waals surface area contributed by atoms with Crippen LogP contribution in [0.25, 0.3) is 12.2 Å². The molecule has 3 aromatic carbocycles. The molecule has 0 amide bonds. The van der Waals surface area contributed by atoms with Crippen LogP contribution in [0.3, 0.4) is 0 Å². The van der Waals surface area contributed by atoms with Gasteiger partial charge in [0.05, 0.1) is 46.2 Å². The molecule has 0 heterocycles. The quantitative estimate of drug-likeness (QED) is 0.356. The summed E-state index contributed by atoms with van der Waals surface area (Å²) in [4.78, 5) is 0.243. The molecule has 8 heteroatoms. The van der Waals surface area contributed by atoms with Gasteiger partial charge in [-0.15, -0.1) is 0 Å². The first-order valence-corrected chi connectivity index (χ1v) is 12.4. The molecule has 186 valence electrons. The number of hydrogen-bond donors (Lipinski definition) is 0. The van der Waals surface area contributed by atoms with Crippen LogP contribution in [-0.4, -0.2) is 44.0 Å². The van der Waals surface area contributed by atoms with Gasteiger partial charge in [0.25, 0.3) is 0 Å². The second-order valence-corrected chi connectivity index (χ2v) is 9.72. The van der Waals surface area contributed by atoms with E-state index in [0.29, 0.717) is 39.9 Å². The zero-order chi connectivity index (χ0) is 25.6. The first kappa shape index (κ1) is 26.0. The number of methoxy groups -OCH3 is 5. The summed E-state index contributed by atoms with van der Waals surface area (Å²) in [5.41, 5.74) is 2.93. The summed E-state index contributed by atoms with van der Waals surface area (Å²) in [6.07, 6.45) is 3.66. The molecule has 0 aliphatic rings. The number of benzene rings is 3. The van der Waals surface area contributed by atoms with E-state index in [1.807, 2.05) is 19.1 Å². The molecule has 0 spiro atoms. The average molecular weight is 499 g/mol. The summed E-state index contributed by atoms with van der Waals surface area (Å²) in [5, 5.41) is 0.